The first-order chi connectivity index (χ1) is 7.27. The molecule has 0 unspecified atom stereocenters. The van der Waals surface area contributed by atoms with Crippen LogP contribution < -0.4 is 0 Å². The Morgan fingerprint density at radius 1 is 1.60 bits per heavy atom. The van der Waals surface area contributed by atoms with Crippen LogP contribution >= 0.6 is 0 Å². The first-order valence-electron chi connectivity index (χ1n) is 4.46. The van der Waals surface area contributed by atoms with Crippen molar-refractivity contribution in [2.45, 2.75) is 6.42 Å². The molecule has 0 aliphatic rings. The molecular formula is C10H11N3O2. The molecule has 5 nitrogen and oxygen atoms in total. The first-order valence-corrected chi connectivity index (χ1v) is 4.46. The molecule has 1 aromatic carbocycles. The highest BCUT2D eigenvalue weighted by Crippen LogP contribution is 2.07. The van der Waals surface area contributed by atoms with Crippen molar-refractivity contribution in [2.75, 3.05) is 13.7 Å². The normalized spacial score (nSPS) is 9.13. The highest BCUT2D eigenvalue weighted by atomic mass is 16.5. The van der Waals surface area contributed by atoms with Gasteiger partial charge in [0.25, 0.3) is 0 Å². The van der Waals surface area contributed by atoms with Crippen LogP contribution in [0.4, 0.5) is 0 Å². The van der Waals surface area contributed by atoms with E-state index in [1.54, 1.807) is 18.2 Å². The zero-order valence-electron chi connectivity index (χ0n) is 8.38. The number of rotatable bonds is 4. The minimum absolute atomic E-state index is 0.361. The molecule has 0 fully saturated rings. The van der Waals surface area contributed by atoms with Gasteiger partial charge < -0.3 is 4.74 Å². The van der Waals surface area contributed by atoms with Crippen molar-refractivity contribution in [3.05, 3.63) is 45.8 Å². The van der Waals surface area contributed by atoms with E-state index < -0.39 is 0 Å². The van der Waals surface area contributed by atoms with Crippen molar-refractivity contribution in [3.63, 3.8) is 0 Å². The van der Waals surface area contributed by atoms with Crippen molar-refractivity contribution in [1.29, 1.82) is 0 Å². The van der Waals surface area contributed by atoms with E-state index in [1.165, 1.54) is 7.11 Å². The van der Waals surface area contributed by atoms with Gasteiger partial charge in [0.05, 0.1) is 12.7 Å². The molecule has 0 amide bonds. The van der Waals surface area contributed by atoms with Gasteiger partial charge in [-0.15, -0.1) is 0 Å². The molecule has 0 N–H and O–H groups in total. The Kier molecular flexibility index (Phi) is 4.19. The van der Waals surface area contributed by atoms with Crippen molar-refractivity contribution < 1.29 is 9.53 Å². The summed E-state index contributed by atoms with van der Waals surface area (Å²) in [4.78, 5) is 13.8. The van der Waals surface area contributed by atoms with Crippen molar-refractivity contribution in [3.8, 4) is 0 Å². The summed E-state index contributed by atoms with van der Waals surface area (Å²) >= 11 is 0. The number of benzene rings is 1. The summed E-state index contributed by atoms with van der Waals surface area (Å²) in [5, 5.41) is 3.43. The number of hydrogen-bond donors (Lipinski definition) is 0. The number of methoxy groups -OCH3 is 1. The van der Waals surface area contributed by atoms with Crippen LogP contribution in [0, 0.1) is 0 Å². The molecule has 0 aliphatic carbocycles. The maximum atomic E-state index is 11.2. The lowest BCUT2D eigenvalue weighted by atomic mass is 10.1. The molecule has 5 heteroatoms. The third kappa shape index (κ3) is 3.32. The molecule has 78 valence electrons. The lowest BCUT2D eigenvalue weighted by Crippen LogP contribution is -2.02. The third-order valence-corrected chi connectivity index (χ3v) is 1.91. The fourth-order valence-electron chi connectivity index (χ4n) is 1.20. The quantitative estimate of drug-likeness (QED) is 0.327. The minimum Gasteiger partial charge on any atom is -0.465 e. The number of ether oxygens (including phenoxy) is 1. The molecule has 1 aromatic rings. The fourth-order valence-corrected chi connectivity index (χ4v) is 1.20. The Balaban J connectivity index is 2.73. The lowest BCUT2D eigenvalue weighted by Gasteiger charge is -2.01. The maximum Gasteiger partial charge on any atom is 0.337 e. The molecule has 0 bridgehead atoms. The summed E-state index contributed by atoms with van der Waals surface area (Å²) in [5.74, 6) is -0.361. The van der Waals surface area contributed by atoms with Gasteiger partial charge in [0.1, 0.15) is 0 Å². The van der Waals surface area contributed by atoms with Crippen LogP contribution in [0.2, 0.25) is 0 Å². The van der Waals surface area contributed by atoms with E-state index in [0.717, 1.165) is 5.56 Å². The van der Waals surface area contributed by atoms with Gasteiger partial charge in [-0.05, 0) is 29.6 Å². The molecular weight excluding hydrogens is 194 g/mol. The molecule has 0 radical (unpaired) electrons. The molecule has 1 rings (SSSR count). The highest BCUT2D eigenvalue weighted by molar-refractivity contribution is 5.89. The van der Waals surface area contributed by atoms with Crippen LogP contribution in [0.5, 0.6) is 0 Å². The molecule has 0 saturated carbocycles. The Morgan fingerprint density at radius 2 is 2.40 bits per heavy atom. The minimum atomic E-state index is -0.361. The average molecular weight is 205 g/mol. The van der Waals surface area contributed by atoms with Crippen molar-refractivity contribution in [2.24, 2.45) is 5.11 Å². The molecule has 0 atom stereocenters. The summed E-state index contributed by atoms with van der Waals surface area (Å²) in [7, 11) is 1.34. The van der Waals surface area contributed by atoms with Crippen LogP contribution in [0.3, 0.4) is 0 Å². The predicted molar refractivity (Wildman–Crippen MR) is 55.5 cm³/mol. The van der Waals surface area contributed by atoms with E-state index in [0.29, 0.717) is 18.5 Å². The highest BCUT2D eigenvalue weighted by Gasteiger charge is 2.04. The zero-order valence-corrected chi connectivity index (χ0v) is 8.38. The van der Waals surface area contributed by atoms with Gasteiger partial charge in [-0.1, -0.05) is 17.2 Å². The van der Waals surface area contributed by atoms with Gasteiger partial charge in [-0.2, -0.15) is 0 Å². The molecule has 0 spiro atoms. The molecule has 0 aromatic heterocycles. The predicted octanol–water partition coefficient (Wildman–Crippen LogP) is 2.33. The van der Waals surface area contributed by atoms with Crippen LogP contribution in [-0.4, -0.2) is 19.6 Å². The molecule has 15 heavy (non-hydrogen) atoms. The Hall–Kier alpha value is -2.00. The third-order valence-electron chi connectivity index (χ3n) is 1.91. The Bertz CT molecular complexity index is 397. The summed E-state index contributed by atoms with van der Waals surface area (Å²) in [5.41, 5.74) is 9.57. The van der Waals surface area contributed by atoms with Crippen LogP contribution in [0.1, 0.15) is 15.9 Å². The second-order valence-electron chi connectivity index (χ2n) is 2.90. The van der Waals surface area contributed by atoms with Crippen LogP contribution in [-0.2, 0) is 11.2 Å². The fraction of sp³-hybridized carbons (Fsp3) is 0.300. The number of carbonyl (C=O) groups is 1. The van der Waals surface area contributed by atoms with Crippen molar-refractivity contribution >= 4 is 5.97 Å². The number of nitrogens with zero attached hydrogens (tertiary/aromatic N) is 3. The Labute approximate surface area is 87.3 Å². The number of carbonyl (C=O) groups excluding carboxylic acids is 1. The van der Waals surface area contributed by atoms with E-state index >= 15 is 0 Å². The van der Waals surface area contributed by atoms with Crippen LogP contribution in [0.15, 0.2) is 29.4 Å². The largest absolute Gasteiger partial charge is 0.465 e. The topological polar surface area (TPSA) is 75.1 Å². The van der Waals surface area contributed by atoms with Gasteiger partial charge in [0.2, 0.25) is 0 Å². The zero-order chi connectivity index (χ0) is 11.1. The van der Waals surface area contributed by atoms with Gasteiger partial charge in [0.15, 0.2) is 0 Å². The van der Waals surface area contributed by atoms with Gasteiger partial charge in [-0.3, -0.25) is 0 Å². The molecule has 0 saturated heterocycles. The second kappa shape index (κ2) is 5.67. The number of esters is 1. The summed E-state index contributed by atoms with van der Waals surface area (Å²) in [6, 6.07) is 7.07. The van der Waals surface area contributed by atoms with E-state index in [9.17, 15) is 4.79 Å². The van der Waals surface area contributed by atoms with Gasteiger partial charge in [-0.25, -0.2) is 4.79 Å². The first kappa shape index (κ1) is 11.1. The van der Waals surface area contributed by atoms with E-state index in [4.69, 9.17) is 5.53 Å². The van der Waals surface area contributed by atoms with E-state index in [2.05, 4.69) is 14.8 Å². The standard InChI is InChI=1S/C10H11N3O2/c1-15-10(14)9-4-2-3-8(7-9)5-6-12-13-11/h2-4,7H,5-6H2,1H3. The smallest absolute Gasteiger partial charge is 0.337 e. The average Bonchev–Trinajstić information content (AvgIpc) is 2.29. The molecule has 0 aliphatic heterocycles. The van der Waals surface area contributed by atoms with Gasteiger partial charge in [0, 0.05) is 11.5 Å². The molecule has 0 heterocycles. The van der Waals surface area contributed by atoms with Gasteiger partial charge >= 0.3 is 5.97 Å². The maximum absolute atomic E-state index is 11.2. The lowest BCUT2D eigenvalue weighted by molar-refractivity contribution is 0.0600. The summed E-state index contributed by atoms with van der Waals surface area (Å²) < 4.78 is 4.60. The summed E-state index contributed by atoms with van der Waals surface area (Å²) in [6.45, 7) is 0.390. The van der Waals surface area contributed by atoms with Crippen molar-refractivity contribution in [1.82, 2.24) is 0 Å². The number of azide groups is 1. The Morgan fingerprint density at radius 3 is 3.07 bits per heavy atom. The monoisotopic (exact) mass is 205 g/mol. The van der Waals surface area contributed by atoms with E-state index in [-0.39, 0.29) is 5.97 Å². The SMILES string of the molecule is COC(=O)c1cccc(CCN=[N+]=[N-])c1. The van der Waals surface area contributed by atoms with Crippen LogP contribution in [0.25, 0.3) is 10.4 Å². The second-order valence-corrected chi connectivity index (χ2v) is 2.90. The summed E-state index contributed by atoms with van der Waals surface area (Å²) in [6.07, 6.45) is 0.620. The number of hydrogen-bond acceptors (Lipinski definition) is 3. The van der Waals surface area contributed by atoms with E-state index in [1.807, 2.05) is 6.07 Å².